The minimum atomic E-state index is 0.865. The highest BCUT2D eigenvalue weighted by Crippen LogP contribution is 2.01. The van der Waals surface area contributed by atoms with Gasteiger partial charge in [-0.2, -0.15) is 0 Å². The lowest BCUT2D eigenvalue weighted by molar-refractivity contribution is 0.193. The van der Waals surface area contributed by atoms with Crippen molar-refractivity contribution in [2.75, 3.05) is 13.7 Å². The number of rotatable bonds is 5. The number of methoxy groups -OCH3 is 1. The summed E-state index contributed by atoms with van der Waals surface area (Å²) in [5.41, 5.74) is 1.38. The zero-order valence-electron chi connectivity index (χ0n) is 8.05. The van der Waals surface area contributed by atoms with Gasteiger partial charge >= 0.3 is 0 Å². The summed E-state index contributed by atoms with van der Waals surface area (Å²) in [6, 6.07) is 8.37. The van der Waals surface area contributed by atoms with Crippen LogP contribution in [0.3, 0.4) is 0 Å². The van der Waals surface area contributed by atoms with Gasteiger partial charge in [-0.25, -0.2) is 0 Å². The normalized spacial score (nSPS) is 10.3. The highest BCUT2D eigenvalue weighted by molar-refractivity contribution is 6.33. The number of unbranched alkanes of at least 4 members (excludes halogenated alkanes) is 1. The van der Waals surface area contributed by atoms with Gasteiger partial charge in [-0.1, -0.05) is 29.5 Å². The third kappa shape index (κ3) is 3.74. The van der Waals surface area contributed by atoms with E-state index in [0.29, 0.717) is 0 Å². The van der Waals surface area contributed by atoms with Crippen molar-refractivity contribution >= 4 is 15.4 Å². The third-order valence-corrected chi connectivity index (χ3v) is 2.55. The van der Waals surface area contributed by atoms with Gasteiger partial charge < -0.3 is 4.74 Å². The van der Waals surface area contributed by atoms with Crippen LogP contribution in [-0.4, -0.2) is 24.0 Å². The number of hydrogen-bond donors (Lipinski definition) is 0. The second-order valence-electron chi connectivity index (χ2n) is 3.11. The molecule has 0 saturated heterocycles. The molecule has 1 aromatic rings. The zero-order valence-corrected chi connectivity index (χ0v) is 9.05. The Kier molecular flexibility index (Phi) is 4.79. The van der Waals surface area contributed by atoms with Crippen LogP contribution in [0.5, 0.6) is 0 Å². The van der Waals surface area contributed by atoms with Crippen LogP contribution in [-0.2, 0) is 11.2 Å². The van der Waals surface area contributed by atoms with Gasteiger partial charge in [0, 0.05) is 13.7 Å². The molecule has 0 N–H and O–H groups in total. The van der Waals surface area contributed by atoms with Crippen LogP contribution >= 0.6 is 0 Å². The fraction of sp³-hybridized carbons (Fsp3) is 0.455. The van der Waals surface area contributed by atoms with Gasteiger partial charge in [0.15, 0.2) is 0 Å². The van der Waals surface area contributed by atoms with Gasteiger partial charge in [0.25, 0.3) is 0 Å². The Balaban J connectivity index is 2.32. The maximum Gasteiger partial charge on any atom is 0.0715 e. The van der Waals surface area contributed by atoms with Crippen molar-refractivity contribution in [3.63, 3.8) is 0 Å². The second kappa shape index (κ2) is 5.94. The second-order valence-corrected chi connectivity index (χ2v) is 3.65. The number of ether oxygens (including phenoxy) is 1. The first-order valence-corrected chi connectivity index (χ1v) is 5.13. The number of aryl methyl sites for hydroxylation is 1. The van der Waals surface area contributed by atoms with Crippen LogP contribution in [0.2, 0.25) is 0 Å². The van der Waals surface area contributed by atoms with E-state index in [4.69, 9.17) is 4.74 Å². The zero-order chi connectivity index (χ0) is 9.52. The van der Waals surface area contributed by atoms with E-state index in [9.17, 15) is 0 Å². The Bertz CT molecular complexity index is 248. The van der Waals surface area contributed by atoms with Crippen LogP contribution in [0.15, 0.2) is 24.3 Å². The smallest absolute Gasteiger partial charge is 0.0715 e. The molecule has 0 aliphatic carbocycles. The van der Waals surface area contributed by atoms with Crippen LogP contribution in [0.1, 0.15) is 18.4 Å². The van der Waals surface area contributed by atoms with Crippen molar-refractivity contribution in [2.24, 2.45) is 0 Å². The van der Waals surface area contributed by atoms with Crippen molar-refractivity contribution in [3.8, 4) is 0 Å². The van der Waals surface area contributed by atoms with E-state index in [-0.39, 0.29) is 0 Å². The van der Waals surface area contributed by atoms with Gasteiger partial charge in [0.2, 0.25) is 0 Å². The summed E-state index contributed by atoms with van der Waals surface area (Å²) in [5.74, 6) is 0. The van der Waals surface area contributed by atoms with E-state index in [1.807, 2.05) is 6.07 Å². The van der Waals surface area contributed by atoms with E-state index < -0.39 is 0 Å². The Morgan fingerprint density at radius 3 is 2.69 bits per heavy atom. The van der Waals surface area contributed by atoms with E-state index in [0.717, 1.165) is 19.4 Å². The average Bonchev–Trinajstić information content (AvgIpc) is 2.15. The number of hydrogen-bond acceptors (Lipinski definition) is 1. The van der Waals surface area contributed by atoms with Crippen molar-refractivity contribution in [3.05, 3.63) is 29.8 Å². The van der Waals surface area contributed by atoms with Crippen LogP contribution in [0.25, 0.3) is 0 Å². The molecule has 0 unspecified atom stereocenters. The first kappa shape index (κ1) is 10.5. The molecule has 0 saturated carbocycles. The topological polar surface area (TPSA) is 9.23 Å². The quantitative estimate of drug-likeness (QED) is 0.505. The van der Waals surface area contributed by atoms with Gasteiger partial charge in [-0.3, -0.25) is 0 Å². The molecule has 0 amide bonds. The molecule has 0 aliphatic heterocycles. The number of benzene rings is 1. The molecule has 3 radical (unpaired) electrons. The van der Waals surface area contributed by atoms with Crippen LogP contribution in [0.4, 0.5) is 0 Å². The minimum Gasteiger partial charge on any atom is -0.385 e. The summed E-state index contributed by atoms with van der Waals surface area (Å²) in [6.45, 7) is 0.865. The molecule has 0 atom stereocenters. The molecule has 0 aliphatic rings. The van der Waals surface area contributed by atoms with Crippen LogP contribution in [0, 0.1) is 0 Å². The molecular weight excluding hydrogens is 176 g/mol. The molecule has 2 heteroatoms. The minimum absolute atomic E-state index is 0.865. The molecule has 1 aromatic carbocycles. The summed E-state index contributed by atoms with van der Waals surface area (Å²) in [4.78, 5) is 0. The van der Waals surface area contributed by atoms with E-state index in [1.54, 1.807) is 7.11 Å². The maximum absolute atomic E-state index is 5.00. The lowest BCUT2D eigenvalue weighted by Gasteiger charge is -2.04. The molecule has 0 heterocycles. The summed E-state index contributed by atoms with van der Waals surface area (Å²) >= 11 is 0. The highest BCUT2D eigenvalue weighted by Gasteiger charge is 1.95. The molecule has 0 aromatic heterocycles. The third-order valence-electron chi connectivity index (χ3n) is 2.06. The van der Waals surface area contributed by atoms with Gasteiger partial charge in [-0.15, -0.1) is 0 Å². The van der Waals surface area contributed by atoms with E-state index in [2.05, 4.69) is 28.4 Å². The Hall–Kier alpha value is -0.603. The van der Waals surface area contributed by atoms with Gasteiger partial charge in [0.1, 0.15) is 0 Å². The summed E-state index contributed by atoms with van der Waals surface area (Å²) < 4.78 is 5.00. The van der Waals surface area contributed by atoms with Crippen LogP contribution < -0.4 is 5.19 Å². The van der Waals surface area contributed by atoms with Crippen molar-refractivity contribution in [1.29, 1.82) is 0 Å². The van der Waals surface area contributed by atoms with E-state index >= 15 is 0 Å². The molecule has 69 valence electrons. The van der Waals surface area contributed by atoms with Crippen molar-refractivity contribution in [2.45, 2.75) is 19.3 Å². The Morgan fingerprint density at radius 2 is 2.00 bits per heavy atom. The van der Waals surface area contributed by atoms with Gasteiger partial charge in [-0.05, 0) is 24.8 Å². The fourth-order valence-electron chi connectivity index (χ4n) is 1.30. The first-order chi connectivity index (χ1) is 6.34. The van der Waals surface area contributed by atoms with Crippen molar-refractivity contribution < 1.29 is 4.74 Å². The first-order valence-electron chi connectivity index (χ1n) is 4.63. The summed E-state index contributed by atoms with van der Waals surface area (Å²) in [6.07, 6.45) is 3.45. The molecule has 13 heavy (non-hydrogen) atoms. The molecule has 0 fully saturated rings. The molecule has 0 spiro atoms. The fourth-order valence-corrected chi connectivity index (χ4v) is 1.60. The SMILES string of the molecule is COCCCCc1ccccc1[Si]. The Labute approximate surface area is 83.5 Å². The monoisotopic (exact) mass is 191 g/mol. The highest BCUT2D eigenvalue weighted by atomic mass is 28.1. The van der Waals surface area contributed by atoms with Crippen molar-refractivity contribution in [1.82, 2.24) is 0 Å². The molecular formula is C11H15OSi. The standard InChI is InChI=1S/C11H15OSi/c1-12-9-5-4-7-10-6-2-3-8-11(10)13/h2-3,6,8H,4-5,7,9H2,1H3. The molecule has 1 nitrogen and oxygen atoms in total. The largest absolute Gasteiger partial charge is 0.385 e. The van der Waals surface area contributed by atoms with Gasteiger partial charge in [0.05, 0.1) is 10.2 Å². The lowest BCUT2D eigenvalue weighted by Crippen LogP contribution is -2.09. The maximum atomic E-state index is 5.00. The molecule has 0 bridgehead atoms. The summed E-state index contributed by atoms with van der Waals surface area (Å²) in [5, 5.41) is 1.21. The molecule has 1 rings (SSSR count). The predicted molar refractivity (Wildman–Crippen MR) is 56.6 cm³/mol. The summed E-state index contributed by atoms with van der Waals surface area (Å²) in [7, 11) is 5.33. The predicted octanol–water partition coefficient (Wildman–Crippen LogP) is 1.45. The lowest BCUT2D eigenvalue weighted by atomic mass is 10.1. The van der Waals surface area contributed by atoms with E-state index in [1.165, 1.54) is 17.2 Å². The Morgan fingerprint density at radius 1 is 1.23 bits per heavy atom. The average molecular weight is 191 g/mol.